The van der Waals surface area contributed by atoms with Crippen LogP contribution in [0.3, 0.4) is 0 Å². The zero-order valence-electron chi connectivity index (χ0n) is 10.1. The summed E-state index contributed by atoms with van der Waals surface area (Å²) in [6.07, 6.45) is 0. The molecule has 2 rings (SSSR count). The first-order valence-electron chi connectivity index (χ1n) is 5.74. The quantitative estimate of drug-likeness (QED) is 0.780. The second-order valence-corrected chi connectivity index (χ2v) is 5.90. The maximum atomic E-state index is 3.59. The lowest BCUT2D eigenvalue weighted by atomic mass is 10.2. The fraction of sp³-hybridized carbons (Fsp3) is 0.286. The minimum Gasteiger partial charge on any atom is -0.367 e. The molecule has 0 aliphatic rings. The molecule has 2 aromatic rings. The molecular weight excluding hydrogens is 294 g/mol. The van der Waals surface area contributed by atoms with Crippen LogP contribution in [0.15, 0.2) is 40.2 Å². The number of halogens is 1. The van der Waals surface area contributed by atoms with Crippen LogP contribution in [0.1, 0.15) is 17.4 Å². The van der Waals surface area contributed by atoms with Crippen LogP contribution in [0.2, 0.25) is 0 Å². The van der Waals surface area contributed by atoms with E-state index in [9.17, 15) is 0 Å². The van der Waals surface area contributed by atoms with Crippen molar-refractivity contribution in [3.05, 3.63) is 50.6 Å². The molecule has 0 saturated heterocycles. The van der Waals surface area contributed by atoms with E-state index in [1.165, 1.54) is 20.6 Å². The molecule has 0 bridgehead atoms. The van der Waals surface area contributed by atoms with Gasteiger partial charge in [-0.2, -0.15) is 0 Å². The molecule has 0 aliphatic carbocycles. The smallest absolute Gasteiger partial charge is 0.0534 e. The monoisotopic (exact) mass is 309 g/mol. The van der Waals surface area contributed by atoms with Crippen molar-refractivity contribution in [2.75, 3.05) is 11.4 Å². The number of benzene rings is 1. The number of hydrogen-bond donors (Lipinski definition) is 0. The molecule has 0 atom stereocenters. The lowest BCUT2D eigenvalue weighted by Gasteiger charge is -2.23. The lowest BCUT2D eigenvalue weighted by molar-refractivity contribution is 0.840. The Morgan fingerprint density at radius 1 is 1.29 bits per heavy atom. The molecule has 1 heterocycles. The molecule has 0 saturated carbocycles. The summed E-state index contributed by atoms with van der Waals surface area (Å²) in [6, 6.07) is 10.8. The predicted molar refractivity (Wildman–Crippen MR) is 79.9 cm³/mol. The molecule has 0 unspecified atom stereocenters. The number of aryl methyl sites for hydroxylation is 1. The first kappa shape index (κ1) is 12.7. The zero-order valence-corrected chi connectivity index (χ0v) is 12.5. The van der Waals surface area contributed by atoms with Crippen LogP contribution in [0, 0.1) is 6.92 Å². The van der Waals surface area contributed by atoms with E-state index >= 15 is 0 Å². The van der Waals surface area contributed by atoms with E-state index in [2.05, 4.69) is 70.4 Å². The van der Waals surface area contributed by atoms with E-state index in [4.69, 9.17) is 0 Å². The third-order valence-corrected chi connectivity index (χ3v) is 4.69. The highest BCUT2D eigenvalue weighted by molar-refractivity contribution is 9.10. The minimum absolute atomic E-state index is 0.970. The van der Waals surface area contributed by atoms with Crippen molar-refractivity contribution < 1.29 is 0 Å². The van der Waals surface area contributed by atoms with Crippen LogP contribution in [-0.2, 0) is 6.54 Å². The summed E-state index contributed by atoms with van der Waals surface area (Å²) in [4.78, 5) is 3.78. The van der Waals surface area contributed by atoms with E-state index in [1.807, 2.05) is 0 Å². The van der Waals surface area contributed by atoms with E-state index in [1.54, 1.807) is 11.3 Å². The summed E-state index contributed by atoms with van der Waals surface area (Å²) in [5, 5.41) is 2.13. The normalized spacial score (nSPS) is 10.5. The third-order valence-electron chi connectivity index (χ3n) is 2.77. The van der Waals surface area contributed by atoms with Gasteiger partial charge in [0.2, 0.25) is 0 Å². The van der Waals surface area contributed by atoms with Gasteiger partial charge in [-0.3, -0.25) is 0 Å². The Balaban J connectivity index is 2.20. The second-order valence-electron chi connectivity index (χ2n) is 4.04. The number of rotatable bonds is 4. The molecule has 1 aromatic heterocycles. The first-order chi connectivity index (χ1) is 8.20. The van der Waals surface area contributed by atoms with Gasteiger partial charge < -0.3 is 4.90 Å². The maximum absolute atomic E-state index is 3.59. The molecule has 1 aromatic carbocycles. The summed E-state index contributed by atoms with van der Waals surface area (Å²) < 4.78 is 1.22. The highest BCUT2D eigenvalue weighted by Crippen LogP contribution is 2.26. The van der Waals surface area contributed by atoms with Gasteiger partial charge in [-0.1, -0.05) is 12.1 Å². The lowest BCUT2D eigenvalue weighted by Crippen LogP contribution is -2.21. The molecule has 0 amide bonds. The van der Waals surface area contributed by atoms with Crippen molar-refractivity contribution >= 4 is 33.0 Å². The van der Waals surface area contributed by atoms with Gasteiger partial charge in [-0.25, -0.2) is 0 Å². The van der Waals surface area contributed by atoms with Gasteiger partial charge in [-0.15, -0.1) is 11.3 Å². The summed E-state index contributed by atoms with van der Waals surface area (Å²) in [5.74, 6) is 0. The number of hydrogen-bond acceptors (Lipinski definition) is 2. The van der Waals surface area contributed by atoms with Crippen LogP contribution < -0.4 is 4.90 Å². The number of thiophene rings is 1. The van der Waals surface area contributed by atoms with Gasteiger partial charge in [0, 0.05) is 21.6 Å². The Morgan fingerprint density at radius 3 is 2.71 bits per heavy atom. The van der Waals surface area contributed by atoms with E-state index in [0.717, 1.165) is 13.1 Å². The Labute approximate surface area is 115 Å². The summed E-state index contributed by atoms with van der Waals surface area (Å²) in [7, 11) is 0. The number of nitrogens with zero attached hydrogens (tertiary/aromatic N) is 1. The molecule has 17 heavy (non-hydrogen) atoms. The average Bonchev–Trinajstić information content (AvgIpc) is 2.71. The van der Waals surface area contributed by atoms with E-state index in [-0.39, 0.29) is 0 Å². The maximum Gasteiger partial charge on any atom is 0.0534 e. The van der Waals surface area contributed by atoms with E-state index < -0.39 is 0 Å². The highest BCUT2D eigenvalue weighted by atomic mass is 79.9. The molecular formula is C14H16BrNS. The molecule has 1 nitrogen and oxygen atoms in total. The first-order valence-corrected chi connectivity index (χ1v) is 7.41. The van der Waals surface area contributed by atoms with Gasteiger partial charge in [0.05, 0.1) is 6.54 Å². The van der Waals surface area contributed by atoms with Crippen LogP contribution in [0.4, 0.5) is 5.69 Å². The molecule has 90 valence electrons. The Bertz CT molecular complexity index is 492. The number of anilines is 1. The van der Waals surface area contributed by atoms with Gasteiger partial charge in [0.15, 0.2) is 0 Å². The van der Waals surface area contributed by atoms with Crippen molar-refractivity contribution in [1.29, 1.82) is 0 Å². The summed E-state index contributed by atoms with van der Waals surface area (Å²) in [5.41, 5.74) is 2.61. The fourth-order valence-corrected chi connectivity index (χ4v) is 3.31. The largest absolute Gasteiger partial charge is 0.367 e. The molecule has 0 N–H and O–H groups in total. The third kappa shape index (κ3) is 3.11. The molecule has 0 aliphatic heterocycles. The fourth-order valence-electron chi connectivity index (χ4n) is 1.82. The van der Waals surface area contributed by atoms with Gasteiger partial charge in [-0.05, 0) is 58.9 Å². The van der Waals surface area contributed by atoms with Crippen molar-refractivity contribution in [1.82, 2.24) is 0 Å². The SMILES string of the molecule is CCN(Cc1sccc1Br)c1cccc(C)c1. The van der Waals surface area contributed by atoms with E-state index in [0.29, 0.717) is 0 Å². The Hall–Kier alpha value is -0.800. The second kappa shape index (κ2) is 5.69. The summed E-state index contributed by atoms with van der Waals surface area (Å²) >= 11 is 5.40. The van der Waals surface area contributed by atoms with Crippen molar-refractivity contribution in [2.24, 2.45) is 0 Å². The van der Waals surface area contributed by atoms with Crippen LogP contribution in [-0.4, -0.2) is 6.54 Å². The molecule has 0 fully saturated rings. The van der Waals surface area contributed by atoms with Gasteiger partial charge in [0.1, 0.15) is 0 Å². The zero-order chi connectivity index (χ0) is 12.3. The van der Waals surface area contributed by atoms with Crippen molar-refractivity contribution in [2.45, 2.75) is 20.4 Å². The molecule has 0 radical (unpaired) electrons. The Morgan fingerprint density at radius 2 is 2.12 bits per heavy atom. The van der Waals surface area contributed by atoms with Gasteiger partial charge >= 0.3 is 0 Å². The minimum atomic E-state index is 0.970. The highest BCUT2D eigenvalue weighted by Gasteiger charge is 2.08. The Kier molecular flexibility index (Phi) is 4.24. The van der Waals surface area contributed by atoms with Crippen LogP contribution in [0.5, 0.6) is 0 Å². The molecule has 3 heteroatoms. The average molecular weight is 310 g/mol. The van der Waals surface area contributed by atoms with Crippen LogP contribution in [0.25, 0.3) is 0 Å². The van der Waals surface area contributed by atoms with Crippen molar-refractivity contribution in [3.63, 3.8) is 0 Å². The summed E-state index contributed by atoms with van der Waals surface area (Å²) in [6.45, 7) is 6.33. The van der Waals surface area contributed by atoms with Crippen molar-refractivity contribution in [3.8, 4) is 0 Å². The van der Waals surface area contributed by atoms with Gasteiger partial charge in [0.25, 0.3) is 0 Å². The standard InChI is InChI=1S/C14H16BrNS/c1-3-16(10-14-13(15)7-8-17-14)12-6-4-5-11(2)9-12/h4-9H,3,10H2,1-2H3. The van der Waals surface area contributed by atoms with Crippen LogP contribution >= 0.6 is 27.3 Å². The molecule has 0 spiro atoms. The topological polar surface area (TPSA) is 3.24 Å². The predicted octanol–water partition coefficient (Wildman–Crippen LogP) is 4.85.